The molecular formula is C19H24O. The summed E-state index contributed by atoms with van der Waals surface area (Å²) >= 11 is 0. The van der Waals surface area contributed by atoms with Gasteiger partial charge in [0.15, 0.2) is 5.78 Å². The van der Waals surface area contributed by atoms with E-state index in [9.17, 15) is 4.79 Å². The first-order chi connectivity index (χ1) is 9.83. The van der Waals surface area contributed by atoms with Crippen LogP contribution in [0.25, 0.3) is 6.08 Å². The highest BCUT2D eigenvalue weighted by atomic mass is 16.1. The van der Waals surface area contributed by atoms with Crippen LogP contribution in [0.2, 0.25) is 0 Å². The SMILES string of the molecule is O=C1CCC(C2CCCCC2)CC1=Cc1ccccc1. The topological polar surface area (TPSA) is 17.1 Å². The number of carbonyl (C=O) groups excluding carboxylic acids is 1. The lowest BCUT2D eigenvalue weighted by molar-refractivity contribution is -0.117. The van der Waals surface area contributed by atoms with Crippen molar-refractivity contribution in [3.8, 4) is 0 Å². The first kappa shape index (κ1) is 13.6. The quantitative estimate of drug-likeness (QED) is 0.688. The predicted molar refractivity (Wildman–Crippen MR) is 83.3 cm³/mol. The first-order valence-corrected chi connectivity index (χ1v) is 8.12. The van der Waals surface area contributed by atoms with Crippen molar-refractivity contribution in [1.82, 2.24) is 0 Å². The molecule has 0 heterocycles. The third-order valence-corrected chi connectivity index (χ3v) is 5.04. The van der Waals surface area contributed by atoms with Gasteiger partial charge in [-0.1, -0.05) is 62.4 Å². The molecule has 20 heavy (non-hydrogen) atoms. The van der Waals surface area contributed by atoms with E-state index in [2.05, 4.69) is 18.2 Å². The Morgan fingerprint density at radius 2 is 1.65 bits per heavy atom. The van der Waals surface area contributed by atoms with E-state index < -0.39 is 0 Å². The summed E-state index contributed by atoms with van der Waals surface area (Å²) in [4.78, 5) is 12.2. The van der Waals surface area contributed by atoms with Crippen molar-refractivity contribution in [1.29, 1.82) is 0 Å². The maximum absolute atomic E-state index is 12.2. The van der Waals surface area contributed by atoms with Crippen LogP contribution in [-0.2, 0) is 4.79 Å². The highest BCUT2D eigenvalue weighted by Gasteiger charge is 2.30. The molecule has 106 valence electrons. The second-order valence-corrected chi connectivity index (χ2v) is 6.40. The van der Waals surface area contributed by atoms with Crippen molar-refractivity contribution in [3.63, 3.8) is 0 Å². The summed E-state index contributed by atoms with van der Waals surface area (Å²) in [5.74, 6) is 2.00. The van der Waals surface area contributed by atoms with Crippen LogP contribution in [0.15, 0.2) is 35.9 Å². The Hall–Kier alpha value is -1.37. The highest BCUT2D eigenvalue weighted by molar-refractivity contribution is 6.00. The summed E-state index contributed by atoms with van der Waals surface area (Å²) in [6.07, 6.45) is 12.0. The Labute approximate surface area is 122 Å². The van der Waals surface area contributed by atoms with Crippen LogP contribution >= 0.6 is 0 Å². The van der Waals surface area contributed by atoms with E-state index in [1.807, 2.05) is 18.2 Å². The van der Waals surface area contributed by atoms with Gasteiger partial charge in [-0.2, -0.15) is 0 Å². The van der Waals surface area contributed by atoms with E-state index in [1.54, 1.807) is 0 Å². The van der Waals surface area contributed by atoms with Gasteiger partial charge in [0, 0.05) is 6.42 Å². The molecule has 0 saturated heterocycles. The van der Waals surface area contributed by atoms with Crippen molar-refractivity contribution in [2.24, 2.45) is 11.8 Å². The van der Waals surface area contributed by atoms with Gasteiger partial charge in [0.2, 0.25) is 0 Å². The van der Waals surface area contributed by atoms with Gasteiger partial charge >= 0.3 is 0 Å². The smallest absolute Gasteiger partial charge is 0.158 e. The molecule has 0 radical (unpaired) electrons. The lowest BCUT2D eigenvalue weighted by Crippen LogP contribution is -2.25. The Bertz CT molecular complexity index is 480. The Kier molecular flexibility index (Phi) is 4.34. The number of ketones is 1. The second-order valence-electron chi connectivity index (χ2n) is 6.40. The summed E-state index contributed by atoms with van der Waals surface area (Å²) in [7, 11) is 0. The number of allylic oxidation sites excluding steroid dienone is 1. The Morgan fingerprint density at radius 1 is 0.900 bits per heavy atom. The molecule has 0 bridgehead atoms. The minimum absolute atomic E-state index is 0.376. The number of hydrogen-bond acceptors (Lipinski definition) is 1. The van der Waals surface area contributed by atoms with Gasteiger partial charge in [-0.05, 0) is 41.9 Å². The van der Waals surface area contributed by atoms with E-state index in [-0.39, 0.29) is 0 Å². The van der Waals surface area contributed by atoms with Crippen LogP contribution in [0.4, 0.5) is 0 Å². The number of hydrogen-bond donors (Lipinski definition) is 0. The van der Waals surface area contributed by atoms with Gasteiger partial charge in [-0.25, -0.2) is 0 Å². The van der Waals surface area contributed by atoms with Crippen LogP contribution in [0.3, 0.4) is 0 Å². The third kappa shape index (κ3) is 3.20. The summed E-state index contributed by atoms with van der Waals surface area (Å²) < 4.78 is 0. The van der Waals surface area contributed by atoms with Gasteiger partial charge in [0.1, 0.15) is 0 Å². The van der Waals surface area contributed by atoms with Gasteiger partial charge in [0.05, 0.1) is 0 Å². The standard InChI is InChI=1S/C19H24O/c20-19-12-11-17(16-9-5-2-6-10-16)14-18(19)13-15-7-3-1-4-8-15/h1,3-4,7-8,13,16-17H,2,5-6,9-12,14H2. The number of Topliss-reactive ketones (excluding diaryl/α,β-unsaturated/α-hetero) is 1. The second kappa shape index (κ2) is 6.39. The molecule has 1 nitrogen and oxygen atoms in total. The van der Waals surface area contributed by atoms with Gasteiger partial charge in [0.25, 0.3) is 0 Å². The molecule has 0 aromatic heterocycles. The van der Waals surface area contributed by atoms with Crippen LogP contribution in [-0.4, -0.2) is 5.78 Å². The van der Waals surface area contributed by atoms with E-state index >= 15 is 0 Å². The minimum Gasteiger partial charge on any atom is -0.295 e. The predicted octanol–water partition coefficient (Wildman–Crippen LogP) is 5.02. The largest absolute Gasteiger partial charge is 0.295 e. The van der Waals surface area contributed by atoms with E-state index in [4.69, 9.17) is 0 Å². The molecular weight excluding hydrogens is 244 g/mol. The summed E-state index contributed by atoms with van der Waals surface area (Å²) in [6.45, 7) is 0. The molecule has 0 N–H and O–H groups in total. The average molecular weight is 268 g/mol. The number of benzene rings is 1. The summed E-state index contributed by atoms with van der Waals surface area (Å²) in [5, 5.41) is 0. The molecule has 1 aromatic rings. The fraction of sp³-hybridized carbons (Fsp3) is 0.526. The summed E-state index contributed by atoms with van der Waals surface area (Å²) in [6, 6.07) is 10.3. The maximum atomic E-state index is 12.2. The fourth-order valence-corrected chi connectivity index (χ4v) is 3.87. The molecule has 0 spiro atoms. The zero-order valence-electron chi connectivity index (χ0n) is 12.2. The Balaban J connectivity index is 1.73. The average Bonchev–Trinajstić information content (AvgIpc) is 2.51. The molecule has 1 atom stereocenters. The molecule has 2 aliphatic rings. The van der Waals surface area contributed by atoms with Gasteiger partial charge < -0.3 is 0 Å². The van der Waals surface area contributed by atoms with Crippen LogP contribution in [0, 0.1) is 11.8 Å². The molecule has 2 aliphatic carbocycles. The van der Waals surface area contributed by atoms with E-state index in [0.717, 1.165) is 36.7 Å². The van der Waals surface area contributed by atoms with Crippen molar-refractivity contribution in [2.75, 3.05) is 0 Å². The highest BCUT2D eigenvalue weighted by Crippen LogP contribution is 2.39. The van der Waals surface area contributed by atoms with E-state index in [1.165, 1.54) is 37.7 Å². The molecule has 3 rings (SSSR count). The lowest BCUT2D eigenvalue weighted by Gasteiger charge is -2.33. The summed E-state index contributed by atoms with van der Waals surface area (Å²) in [5.41, 5.74) is 2.23. The number of rotatable bonds is 2. The van der Waals surface area contributed by atoms with Crippen LogP contribution < -0.4 is 0 Å². The minimum atomic E-state index is 0.376. The lowest BCUT2D eigenvalue weighted by atomic mass is 9.71. The normalized spacial score (nSPS) is 26.9. The Morgan fingerprint density at radius 3 is 2.40 bits per heavy atom. The van der Waals surface area contributed by atoms with Gasteiger partial charge in [-0.3, -0.25) is 4.79 Å². The molecule has 0 aliphatic heterocycles. The number of carbonyl (C=O) groups is 1. The molecule has 2 fully saturated rings. The van der Waals surface area contributed by atoms with Crippen molar-refractivity contribution >= 4 is 11.9 Å². The van der Waals surface area contributed by atoms with Crippen molar-refractivity contribution in [3.05, 3.63) is 41.5 Å². The zero-order valence-corrected chi connectivity index (χ0v) is 12.2. The molecule has 1 unspecified atom stereocenters. The van der Waals surface area contributed by atoms with Gasteiger partial charge in [-0.15, -0.1) is 0 Å². The molecule has 0 amide bonds. The van der Waals surface area contributed by atoms with Crippen molar-refractivity contribution < 1.29 is 4.79 Å². The van der Waals surface area contributed by atoms with Crippen LogP contribution in [0.5, 0.6) is 0 Å². The third-order valence-electron chi connectivity index (χ3n) is 5.04. The van der Waals surface area contributed by atoms with Crippen molar-refractivity contribution in [2.45, 2.75) is 51.4 Å². The first-order valence-electron chi connectivity index (χ1n) is 8.12. The fourth-order valence-electron chi connectivity index (χ4n) is 3.87. The zero-order chi connectivity index (χ0) is 13.8. The molecule has 1 aromatic carbocycles. The molecule has 2 saturated carbocycles. The molecule has 1 heteroatoms. The maximum Gasteiger partial charge on any atom is 0.158 e. The monoisotopic (exact) mass is 268 g/mol. The van der Waals surface area contributed by atoms with Crippen LogP contribution in [0.1, 0.15) is 56.9 Å². The van der Waals surface area contributed by atoms with E-state index in [0.29, 0.717) is 5.78 Å².